The number of hydrogen-bond acceptors (Lipinski definition) is 1. The van der Waals surface area contributed by atoms with Crippen molar-refractivity contribution in [3.05, 3.63) is 53.2 Å². The Bertz CT molecular complexity index is 988. The second-order valence-electron chi connectivity index (χ2n) is 8.28. The fraction of sp³-hybridized carbons (Fsp3) is 0.409. The van der Waals surface area contributed by atoms with Crippen LogP contribution in [0.3, 0.4) is 0 Å². The monoisotopic (exact) mass is 493 g/mol. The first-order valence-electron chi connectivity index (χ1n) is 8.68. The zero-order valence-corrected chi connectivity index (χ0v) is 17.1. The Morgan fingerprint density at radius 1 is 1.21 bits per heavy atom. The van der Waals surface area contributed by atoms with Gasteiger partial charge in [0, 0.05) is 26.3 Å². The molecule has 1 aromatic heterocycles. The zero-order chi connectivity index (χ0) is 16.0. The second-order valence-corrected chi connectivity index (χ2v) is 8.28. The van der Waals surface area contributed by atoms with Crippen LogP contribution >= 0.6 is 0 Å². The summed E-state index contributed by atoms with van der Waals surface area (Å²) < 4.78 is 0. The van der Waals surface area contributed by atoms with Gasteiger partial charge in [-0.25, -0.2) is 0 Å². The normalized spacial score (nSPS) is 26.6. The van der Waals surface area contributed by atoms with Crippen LogP contribution < -0.4 is 0 Å². The molecular formula is C22H22IrN-. The molecule has 0 saturated heterocycles. The van der Waals surface area contributed by atoms with Gasteiger partial charge in [-0.1, -0.05) is 32.4 Å². The third-order valence-electron chi connectivity index (χ3n) is 7.18. The summed E-state index contributed by atoms with van der Waals surface area (Å²) in [6, 6.07) is 12.1. The summed E-state index contributed by atoms with van der Waals surface area (Å²) in [4.78, 5) is 4.91. The summed E-state index contributed by atoms with van der Waals surface area (Å²) in [5, 5.41) is 3.82. The van der Waals surface area contributed by atoms with Gasteiger partial charge in [-0.05, 0) is 58.5 Å². The standard InChI is InChI=1S/C22H22N.Ir/c1-13-11-16-19-17(18-9-10-22(19,4)21(18,2)3)12-23-20(16)15-8-6-5-7-14(13)15;/h5-7,11-12,18H,9-10H2,1-4H3;/q-1;/t18-,22+;/m0./s1. The maximum atomic E-state index is 4.91. The summed E-state index contributed by atoms with van der Waals surface area (Å²) >= 11 is 0. The van der Waals surface area contributed by atoms with E-state index in [2.05, 4.69) is 58.2 Å². The van der Waals surface area contributed by atoms with Gasteiger partial charge < -0.3 is 4.98 Å². The molecule has 2 heteroatoms. The minimum absolute atomic E-state index is 0. The van der Waals surface area contributed by atoms with Gasteiger partial charge in [0.25, 0.3) is 0 Å². The molecule has 5 rings (SSSR count). The summed E-state index contributed by atoms with van der Waals surface area (Å²) in [7, 11) is 0. The Hall–Kier alpha value is -1.24. The molecule has 1 radical (unpaired) electrons. The Kier molecular flexibility index (Phi) is 3.31. The average molecular weight is 493 g/mol. The Labute approximate surface area is 157 Å². The third-order valence-corrected chi connectivity index (χ3v) is 7.18. The van der Waals surface area contributed by atoms with Gasteiger partial charge in [-0.2, -0.15) is 0 Å². The van der Waals surface area contributed by atoms with Crippen molar-refractivity contribution in [1.29, 1.82) is 0 Å². The molecule has 0 N–H and O–H groups in total. The van der Waals surface area contributed by atoms with Crippen molar-refractivity contribution in [2.75, 3.05) is 0 Å². The van der Waals surface area contributed by atoms with E-state index in [-0.39, 0.29) is 25.5 Å². The van der Waals surface area contributed by atoms with E-state index in [0.29, 0.717) is 11.3 Å². The predicted octanol–water partition coefficient (Wildman–Crippen LogP) is 5.67. The van der Waals surface area contributed by atoms with Crippen molar-refractivity contribution in [2.24, 2.45) is 5.41 Å². The Balaban J connectivity index is 0.00000146. The predicted molar refractivity (Wildman–Crippen MR) is 95.9 cm³/mol. The van der Waals surface area contributed by atoms with E-state index in [4.69, 9.17) is 4.98 Å². The molecule has 1 nitrogen and oxygen atoms in total. The van der Waals surface area contributed by atoms with E-state index >= 15 is 0 Å². The van der Waals surface area contributed by atoms with E-state index in [9.17, 15) is 0 Å². The first kappa shape index (κ1) is 16.2. The molecule has 3 aromatic rings. The van der Waals surface area contributed by atoms with Crippen LogP contribution in [-0.4, -0.2) is 4.98 Å². The van der Waals surface area contributed by atoms with Crippen LogP contribution in [-0.2, 0) is 25.5 Å². The molecule has 1 heterocycles. The molecule has 125 valence electrons. The van der Waals surface area contributed by atoms with Gasteiger partial charge in [-0.15, -0.1) is 35.0 Å². The van der Waals surface area contributed by atoms with Crippen LogP contribution in [0.1, 0.15) is 56.2 Å². The molecule has 2 bridgehead atoms. The fourth-order valence-corrected chi connectivity index (χ4v) is 5.51. The molecular weight excluding hydrogens is 470 g/mol. The van der Waals surface area contributed by atoms with Crippen LogP contribution in [0, 0.1) is 18.4 Å². The average Bonchev–Trinajstić information content (AvgIpc) is 2.87. The summed E-state index contributed by atoms with van der Waals surface area (Å²) in [6.07, 6.45) is 4.78. The van der Waals surface area contributed by atoms with Crippen molar-refractivity contribution >= 4 is 21.7 Å². The minimum atomic E-state index is 0. The summed E-state index contributed by atoms with van der Waals surface area (Å²) in [5.74, 6) is 0.662. The smallest absolute Gasteiger partial charge is 0.0199 e. The zero-order valence-electron chi connectivity index (χ0n) is 14.7. The topological polar surface area (TPSA) is 12.9 Å². The van der Waals surface area contributed by atoms with Crippen LogP contribution in [0.25, 0.3) is 21.7 Å². The van der Waals surface area contributed by atoms with Crippen molar-refractivity contribution in [3.63, 3.8) is 0 Å². The third kappa shape index (κ3) is 1.67. The molecule has 2 atom stereocenters. The number of rotatable bonds is 0. The molecule has 0 spiro atoms. The fourth-order valence-electron chi connectivity index (χ4n) is 5.51. The van der Waals surface area contributed by atoms with Gasteiger partial charge in [0.15, 0.2) is 0 Å². The van der Waals surface area contributed by atoms with Gasteiger partial charge in [0.05, 0.1) is 0 Å². The number of aryl methyl sites for hydroxylation is 1. The van der Waals surface area contributed by atoms with Crippen molar-refractivity contribution in [1.82, 2.24) is 4.98 Å². The molecule has 2 aliphatic rings. The quantitative estimate of drug-likeness (QED) is 0.291. The second kappa shape index (κ2) is 4.90. The molecule has 2 aromatic carbocycles. The molecule has 24 heavy (non-hydrogen) atoms. The van der Waals surface area contributed by atoms with E-state index in [0.717, 1.165) is 5.52 Å². The van der Waals surface area contributed by atoms with Crippen LogP contribution in [0.4, 0.5) is 0 Å². The van der Waals surface area contributed by atoms with Gasteiger partial charge in [-0.3, -0.25) is 0 Å². The maximum Gasteiger partial charge on any atom is 0.0199 e. The van der Waals surface area contributed by atoms with E-state index < -0.39 is 0 Å². The minimum Gasteiger partial charge on any atom is -0.304 e. The van der Waals surface area contributed by atoms with Crippen LogP contribution in [0.2, 0.25) is 0 Å². The van der Waals surface area contributed by atoms with E-state index in [1.807, 2.05) is 6.07 Å². The SMILES string of the molecule is Cc1cc2c3c(cnc2c2[c-]cccc12)[C@@H]1CC[C@@]3(C)C1(C)C.[Ir]. The Morgan fingerprint density at radius 2 is 2.00 bits per heavy atom. The number of hydrogen-bond donors (Lipinski definition) is 0. The molecule has 0 unspecified atom stereocenters. The van der Waals surface area contributed by atoms with Gasteiger partial charge in [0.2, 0.25) is 0 Å². The van der Waals surface area contributed by atoms with Crippen molar-refractivity contribution in [2.45, 2.75) is 51.9 Å². The maximum absolute atomic E-state index is 4.91. The molecule has 2 aliphatic carbocycles. The number of fused-ring (bicyclic) bond motifs is 9. The molecule has 1 saturated carbocycles. The summed E-state index contributed by atoms with van der Waals surface area (Å²) in [6.45, 7) is 9.61. The summed E-state index contributed by atoms with van der Waals surface area (Å²) in [5.41, 5.74) is 6.15. The first-order valence-corrected chi connectivity index (χ1v) is 8.68. The largest absolute Gasteiger partial charge is 0.304 e. The van der Waals surface area contributed by atoms with Crippen molar-refractivity contribution < 1.29 is 20.1 Å². The number of pyridine rings is 1. The van der Waals surface area contributed by atoms with Crippen LogP contribution in [0.5, 0.6) is 0 Å². The molecule has 0 aliphatic heterocycles. The van der Waals surface area contributed by atoms with E-state index in [1.54, 1.807) is 5.56 Å². The first-order chi connectivity index (χ1) is 10.9. The van der Waals surface area contributed by atoms with Crippen molar-refractivity contribution in [3.8, 4) is 0 Å². The molecule has 1 fully saturated rings. The number of benzene rings is 2. The van der Waals surface area contributed by atoms with E-state index in [1.165, 1.54) is 40.1 Å². The number of nitrogens with zero attached hydrogens (tertiary/aromatic N) is 1. The van der Waals surface area contributed by atoms with Crippen LogP contribution in [0.15, 0.2) is 30.5 Å². The van der Waals surface area contributed by atoms with Gasteiger partial charge >= 0.3 is 0 Å². The van der Waals surface area contributed by atoms with Gasteiger partial charge in [0.1, 0.15) is 0 Å². The Morgan fingerprint density at radius 3 is 2.79 bits per heavy atom. The molecule has 0 amide bonds. The number of aromatic nitrogens is 1.